The molecule has 6 nitrogen and oxygen atoms in total. The number of anilines is 1. The SMILES string of the molecule is CN1C(C)(C)CC(Nc2ccc(-c3ccnc4ccc(O)cc34)nn2)CC1(C)C. The number of rotatable bonds is 3. The van der Waals surface area contributed by atoms with Gasteiger partial charge >= 0.3 is 0 Å². The number of aromatic hydroxyl groups is 1. The van der Waals surface area contributed by atoms with Gasteiger partial charge in [0, 0.05) is 34.3 Å². The minimum atomic E-state index is 0.116. The van der Waals surface area contributed by atoms with Crippen LogP contribution in [0.15, 0.2) is 42.6 Å². The molecule has 3 heterocycles. The smallest absolute Gasteiger partial charge is 0.148 e. The van der Waals surface area contributed by atoms with Gasteiger partial charge in [-0.2, -0.15) is 0 Å². The van der Waals surface area contributed by atoms with Crippen LogP contribution in [0.1, 0.15) is 40.5 Å². The molecule has 0 spiro atoms. The first-order chi connectivity index (χ1) is 13.7. The molecule has 2 aromatic heterocycles. The van der Waals surface area contributed by atoms with E-state index in [1.54, 1.807) is 24.4 Å². The molecule has 0 radical (unpaired) electrons. The average Bonchev–Trinajstić information content (AvgIpc) is 2.66. The summed E-state index contributed by atoms with van der Waals surface area (Å²) in [5, 5.41) is 23.2. The van der Waals surface area contributed by atoms with Gasteiger partial charge in [0.2, 0.25) is 0 Å². The molecule has 1 aliphatic rings. The van der Waals surface area contributed by atoms with Crippen molar-refractivity contribution in [3.8, 4) is 17.0 Å². The van der Waals surface area contributed by atoms with E-state index in [4.69, 9.17) is 0 Å². The lowest BCUT2D eigenvalue weighted by Gasteiger charge is -2.53. The number of piperidine rings is 1. The summed E-state index contributed by atoms with van der Waals surface area (Å²) in [6, 6.07) is 11.4. The zero-order valence-electron chi connectivity index (χ0n) is 17.8. The van der Waals surface area contributed by atoms with Crippen molar-refractivity contribution in [2.45, 2.75) is 57.7 Å². The average molecular weight is 392 g/mol. The summed E-state index contributed by atoms with van der Waals surface area (Å²) < 4.78 is 0. The Bertz CT molecular complexity index is 1010. The molecule has 1 fully saturated rings. The second kappa shape index (κ2) is 6.95. The van der Waals surface area contributed by atoms with Crippen molar-refractivity contribution in [2.75, 3.05) is 12.4 Å². The highest BCUT2D eigenvalue weighted by atomic mass is 16.3. The largest absolute Gasteiger partial charge is 0.508 e. The highest BCUT2D eigenvalue weighted by molar-refractivity contribution is 5.94. The van der Waals surface area contributed by atoms with E-state index in [2.05, 4.69) is 60.1 Å². The molecule has 1 aliphatic heterocycles. The number of nitrogens with zero attached hydrogens (tertiary/aromatic N) is 4. The summed E-state index contributed by atoms with van der Waals surface area (Å²) in [4.78, 5) is 6.83. The minimum absolute atomic E-state index is 0.116. The first kappa shape index (κ1) is 19.6. The van der Waals surface area contributed by atoms with E-state index >= 15 is 0 Å². The standard InChI is InChI=1S/C23H29N5O/c1-22(2)13-15(14-23(3,4)28(22)5)25-21-9-8-20(26-27-21)17-10-11-24-19-7-6-16(29)12-18(17)19/h6-12,15,29H,13-14H2,1-5H3,(H,25,27). The molecule has 152 valence electrons. The predicted molar refractivity (Wildman–Crippen MR) is 117 cm³/mol. The Morgan fingerprint density at radius 1 is 1.00 bits per heavy atom. The van der Waals surface area contributed by atoms with Crippen LogP contribution in [0.5, 0.6) is 5.75 Å². The van der Waals surface area contributed by atoms with E-state index in [9.17, 15) is 5.11 Å². The fourth-order valence-electron chi connectivity index (χ4n) is 4.59. The molecule has 2 N–H and O–H groups in total. The summed E-state index contributed by atoms with van der Waals surface area (Å²) in [5.74, 6) is 1.00. The number of aromatic nitrogens is 3. The van der Waals surface area contributed by atoms with Crippen molar-refractivity contribution in [1.29, 1.82) is 0 Å². The van der Waals surface area contributed by atoms with Gasteiger partial charge < -0.3 is 10.4 Å². The molecule has 1 aromatic carbocycles. The monoisotopic (exact) mass is 391 g/mol. The summed E-state index contributed by atoms with van der Waals surface area (Å²) in [7, 11) is 2.21. The zero-order chi connectivity index (χ0) is 20.8. The Labute approximate surface area is 172 Å². The van der Waals surface area contributed by atoms with Crippen molar-refractivity contribution in [3.63, 3.8) is 0 Å². The Balaban J connectivity index is 1.57. The number of pyridine rings is 1. The van der Waals surface area contributed by atoms with E-state index in [1.165, 1.54) is 0 Å². The number of benzene rings is 1. The molecule has 6 heteroatoms. The minimum Gasteiger partial charge on any atom is -0.508 e. The number of likely N-dealkylation sites (tertiary alicyclic amines) is 1. The van der Waals surface area contributed by atoms with Crippen molar-refractivity contribution in [3.05, 3.63) is 42.6 Å². The first-order valence-electron chi connectivity index (χ1n) is 10.1. The third kappa shape index (κ3) is 3.77. The molecule has 3 aromatic rings. The predicted octanol–water partition coefficient (Wildman–Crippen LogP) is 4.46. The first-order valence-corrected chi connectivity index (χ1v) is 10.1. The van der Waals surface area contributed by atoms with Gasteiger partial charge in [0.25, 0.3) is 0 Å². The number of phenolic OH excluding ortho intramolecular Hbond substituents is 1. The maximum atomic E-state index is 9.85. The van der Waals surface area contributed by atoms with Crippen LogP contribution in [0.2, 0.25) is 0 Å². The van der Waals surface area contributed by atoms with Crippen LogP contribution < -0.4 is 5.32 Å². The van der Waals surface area contributed by atoms with Crippen LogP contribution in [0.3, 0.4) is 0 Å². The van der Waals surface area contributed by atoms with Crippen molar-refractivity contribution >= 4 is 16.7 Å². The molecular formula is C23H29N5O. The molecule has 1 saturated heterocycles. The summed E-state index contributed by atoms with van der Waals surface area (Å²) >= 11 is 0. The van der Waals surface area contributed by atoms with E-state index < -0.39 is 0 Å². The quantitative estimate of drug-likeness (QED) is 0.687. The van der Waals surface area contributed by atoms with Gasteiger partial charge in [0.15, 0.2) is 0 Å². The molecule has 0 bridgehead atoms. The number of hydrogen-bond acceptors (Lipinski definition) is 6. The molecule has 29 heavy (non-hydrogen) atoms. The summed E-state index contributed by atoms with van der Waals surface area (Å²) in [6.07, 6.45) is 3.85. The molecule has 0 atom stereocenters. The van der Waals surface area contributed by atoms with Gasteiger partial charge in [0.05, 0.1) is 11.2 Å². The lowest BCUT2D eigenvalue weighted by Crippen LogP contribution is -2.61. The van der Waals surface area contributed by atoms with Crippen LogP contribution in [-0.2, 0) is 0 Å². The zero-order valence-corrected chi connectivity index (χ0v) is 17.8. The molecular weight excluding hydrogens is 362 g/mol. The fraction of sp³-hybridized carbons (Fsp3) is 0.435. The molecule has 0 unspecified atom stereocenters. The highest BCUT2D eigenvalue weighted by Gasteiger charge is 2.43. The Hall–Kier alpha value is -2.73. The highest BCUT2D eigenvalue weighted by Crippen LogP contribution is 2.38. The maximum Gasteiger partial charge on any atom is 0.148 e. The normalized spacial score (nSPS) is 19.3. The lowest BCUT2D eigenvalue weighted by molar-refractivity contribution is -0.00773. The molecule has 0 amide bonds. The van der Waals surface area contributed by atoms with Gasteiger partial charge in [-0.25, -0.2) is 0 Å². The Morgan fingerprint density at radius 2 is 1.72 bits per heavy atom. The number of phenols is 1. The van der Waals surface area contributed by atoms with Crippen LogP contribution in [0, 0.1) is 0 Å². The van der Waals surface area contributed by atoms with Gasteiger partial charge in [-0.1, -0.05) is 0 Å². The third-order valence-corrected chi connectivity index (χ3v) is 6.33. The lowest BCUT2D eigenvalue weighted by atomic mass is 9.77. The van der Waals surface area contributed by atoms with E-state index in [0.29, 0.717) is 6.04 Å². The fourth-order valence-corrected chi connectivity index (χ4v) is 4.59. The van der Waals surface area contributed by atoms with Crippen molar-refractivity contribution in [2.24, 2.45) is 0 Å². The Kier molecular flexibility index (Phi) is 4.69. The molecule has 0 saturated carbocycles. The van der Waals surface area contributed by atoms with Gasteiger partial charge in [-0.3, -0.25) is 9.88 Å². The van der Waals surface area contributed by atoms with Crippen LogP contribution >= 0.6 is 0 Å². The molecule has 4 rings (SSSR count). The summed E-state index contributed by atoms with van der Waals surface area (Å²) in [5.41, 5.74) is 2.72. The van der Waals surface area contributed by atoms with Gasteiger partial charge in [-0.05, 0) is 84.0 Å². The number of hydrogen-bond donors (Lipinski definition) is 2. The van der Waals surface area contributed by atoms with E-state index in [-0.39, 0.29) is 16.8 Å². The third-order valence-electron chi connectivity index (χ3n) is 6.33. The second-order valence-corrected chi connectivity index (χ2v) is 9.30. The van der Waals surface area contributed by atoms with Crippen LogP contribution in [-0.4, -0.2) is 49.4 Å². The van der Waals surface area contributed by atoms with Crippen molar-refractivity contribution in [1.82, 2.24) is 20.1 Å². The van der Waals surface area contributed by atoms with E-state index in [0.717, 1.165) is 40.8 Å². The second-order valence-electron chi connectivity index (χ2n) is 9.30. The maximum absolute atomic E-state index is 9.85. The Morgan fingerprint density at radius 3 is 2.38 bits per heavy atom. The van der Waals surface area contributed by atoms with Crippen molar-refractivity contribution < 1.29 is 5.11 Å². The van der Waals surface area contributed by atoms with Crippen LogP contribution in [0.4, 0.5) is 5.82 Å². The van der Waals surface area contributed by atoms with Gasteiger partial charge in [0.1, 0.15) is 11.6 Å². The molecule has 0 aliphatic carbocycles. The number of nitrogens with one attached hydrogen (secondary N) is 1. The topological polar surface area (TPSA) is 74.2 Å². The van der Waals surface area contributed by atoms with Gasteiger partial charge in [-0.15, -0.1) is 10.2 Å². The van der Waals surface area contributed by atoms with Crippen LogP contribution in [0.25, 0.3) is 22.2 Å². The van der Waals surface area contributed by atoms with E-state index in [1.807, 2.05) is 18.2 Å². The number of fused-ring (bicyclic) bond motifs is 1. The summed E-state index contributed by atoms with van der Waals surface area (Å²) in [6.45, 7) is 9.17.